The third-order valence-corrected chi connectivity index (χ3v) is 0.957. The van der Waals surface area contributed by atoms with Gasteiger partial charge >= 0.3 is 8.25 Å². The molecule has 6 heteroatoms. The number of rotatable bonds is 0. The first-order valence-electron chi connectivity index (χ1n) is 3.00. The van der Waals surface area contributed by atoms with Gasteiger partial charge in [-0.1, -0.05) is 0 Å². The van der Waals surface area contributed by atoms with E-state index < -0.39 is 8.25 Å². The minimum Gasteiger partial charge on any atom is -0.314 e. The Hall–Kier alpha value is -0.0600. The SMILES string of the molecule is C1CNCCN1.O=[P+](O)O. The Balaban J connectivity index is 0.000000180. The highest BCUT2D eigenvalue weighted by Gasteiger charge is 1.93. The lowest BCUT2D eigenvalue weighted by molar-refractivity contribution is 0.405. The molecule has 1 heterocycles. The van der Waals surface area contributed by atoms with Crippen molar-refractivity contribution in [1.29, 1.82) is 0 Å². The summed E-state index contributed by atoms with van der Waals surface area (Å²) in [6.45, 7) is 4.56. The summed E-state index contributed by atoms with van der Waals surface area (Å²) in [6, 6.07) is 0. The predicted octanol–water partition coefficient (Wildman–Crippen LogP) is -1.19. The van der Waals surface area contributed by atoms with Gasteiger partial charge in [-0.15, -0.1) is 9.79 Å². The molecule has 4 N–H and O–H groups in total. The first-order valence-corrected chi connectivity index (χ1v) is 4.16. The van der Waals surface area contributed by atoms with Crippen LogP contribution in [-0.4, -0.2) is 36.0 Å². The molecule has 60 valence electrons. The summed E-state index contributed by atoms with van der Waals surface area (Å²) in [5, 5.41) is 6.44. The zero-order valence-corrected chi connectivity index (χ0v) is 6.47. The number of piperazine rings is 1. The minimum absolute atomic E-state index is 1.14. The summed E-state index contributed by atoms with van der Waals surface area (Å²) in [7, 11) is -2.87. The van der Waals surface area contributed by atoms with E-state index in [-0.39, 0.29) is 0 Å². The van der Waals surface area contributed by atoms with Gasteiger partial charge in [0.1, 0.15) is 0 Å². The quantitative estimate of drug-likeness (QED) is 0.341. The zero-order chi connectivity index (χ0) is 7.82. The van der Waals surface area contributed by atoms with E-state index in [0.717, 1.165) is 26.2 Å². The first kappa shape index (κ1) is 9.94. The fraction of sp³-hybridized carbons (Fsp3) is 1.00. The molecule has 0 amide bonds. The Labute approximate surface area is 60.4 Å². The van der Waals surface area contributed by atoms with Crippen LogP contribution in [0.4, 0.5) is 0 Å². The maximum atomic E-state index is 8.70. The third kappa shape index (κ3) is 10.8. The van der Waals surface area contributed by atoms with Gasteiger partial charge in [-0.25, -0.2) is 0 Å². The van der Waals surface area contributed by atoms with Gasteiger partial charge in [-0.05, 0) is 0 Å². The van der Waals surface area contributed by atoms with Crippen LogP contribution < -0.4 is 10.6 Å². The van der Waals surface area contributed by atoms with Crippen molar-refractivity contribution in [2.45, 2.75) is 0 Å². The van der Waals surface area contributed by atoms with Crippen molar-refractivity contribution in [3.63, 3.8) is 0 Å². The molecular weight excluding hydrogens is 155 g/mol. The normalized spacial score (nSPS) is 17.0. The van der Waals surface area contributed by atoms with E-state index in [1.165, 1.54) is 0 Å². The van der Waals surface area contributed by atoms with E-state index in [1.54, 1.807) is 0 Å². The lowest BCUT2D eigenvalue weighted by atomic mass is 10.4. The molecule has 1 aliphatic heterocycles. The molecule has 0 aromatic carbocycles. The molecule has 0 radical (unpaired) electrons. The Morgan fingerprint density at radius 1 is 1.00 bits per heavy atom. The monoisotopic (exact) mass is 167 g/mol. The minimum atomic E-state index is -2.87. The second-order valence-corrected chi connectivity index (χ2v) is 2.26. The van der Waals surface area contributed by atoms with E-state index >= 15 is 0 Å². The summed E-state index contributed by atoms with van der Waals surface area (Å²) in [6.07, 6.45) is 0. The van der Waals surface area contributed by atoms with Crippen LogP contribution in [0.2, 0.25) is 0 Å². The topological polar surface area (TPSA) is 81.6 Å². The molecule has 5 nitrogen and oxygen atoms in total. The Bertz CT molecular complexity index is 81.0. The molecule has 1 saturated heterocycles. The van der Waals surface area contributed by atoms with Gasteiger partial charge in [-0.3, -0.25) is 0 Å². The molecule has 1 rings (SSSR count). The number of hydrogen-bond acceptors (Lipinski definition) is 3. The molecule has 0 aromatic heterocycles. The molecule has 1 fully saturated rings. The summed E-state index contributed by atoms with van der Waals surface area (Å²) in [5.41, 5.74) is 0. The number of hydrogen-bond donors (Lipinski definition) is 4. The molecule has 0 aromatic rings. The average molecular weight is 167 g/mol. The molecule has 10 heavy (non-hydrogen) atoms. The maximum Gasteiger partial charge on any atom is 0.692 e. The highest BCUT2D eigenvalue weighted by atomic mass is 31.1. The molecule has 0 unspecified atom stereocenters. The summed E-state index contributed by atoms with van der Waals surface area (Å²) in [5.74, 6) is 0. The van der Waals surface area contributed by atoms with Gasteiger partial charge in [0.2, 0.25) is 0 Å². The highest BCUT2D eigenvalue weighted by molar-refractivity contribution is 7.30. The smallest absolute Gasteiger partial charge is 0.314 e. The second-order valence-electron chi connectivity index (χ2n) is 1.75. The Kier molecular flexibility index (Phi) is 7.01. The van der Waals surface area contributed by atoms with Crippen LogP contribution >= 0.6 is 8.25 Å². The molecule has 0 spiro atoms. The van der Waals surface area contributed by atoms with E-state index in [1.807, 2.05) is 0 Å². The Morgan fingerprint density at radius 2 is 1.20 bits per heavy atom. The molecule has 0 bridgehead atoms. The summed E-state index contributed by atoms with van der Waals surface area (Å²) < 4.78 is 8.70. The van der Waals surface area contributed by atoms with Crippen LogP contribution in [0.3, 0.4) is 0 Å². The van der Waals surface area contributed by atoms with Crippen LogP contribution in [0.25, 0.3) is 0 Å². The highest BCUT2D eigenvalue weighted by Crippen LogP contribution is 1.98. The molecule has 0 atom stereocenters. The van der Waals surface area contributed by atoms with Crippen molar-refractivity contribution in [3.8, 4) is 0 Å². The Morgan fingerprint density at radius 3 is 1.30 bits per heavy atom. The van der Waals surface area contributed by atoms with Crippen LogP contribution in [-0.2, 0) is 4.57 Å². The largest absolute Gasteiger partial charge is 0.692 e. The maximum absolute atomic E-state index is 8.70. The summed E-state index contributed by atoms with van der Waals surface area (Å²) >= 11 is 0. The van der Waals surface area contributed by atoms with Crippen LogP contribution in [0.15, 0.2) is 0 Å². The van der Waals surface area contributed by atoms with Crippen molar-refractivity contribution < 1.29 is 14.4 Å². The van der Waals surface area contributed by atoms with E-state index in [0.29, 0.717) is 0 Å². The van der Waals surface area contributed by atoms with Crippen molar-refractivity contribution >= 4 is 8.25 Å². The van der Waals surface area contributed by atoms with E-state index in [9.17, 15) is 0 Å². The van der Waals surface area contributed by atoms with Crippen LogP contribution in [0, 0.1) is 0 Å². The van der Waals surface area contributed by atoms with Gasteiger partial charge in [0, 0.05) is 30.7 Å². The standard InChI is InChI=1S/C4H10N2.HO3P/c1-2-6-4-3-5-1;1-4(2)3/h5-6H,1-4H2;(H-,1,2,3)/p+1. The fourth-order valence-electron chi connectivity index (χ4n) is 0.604. The predicted molar refractivity (Wildman–Crippen MR) is 37.8 cm³/mol. The second kappa shape index (κ2) is 7.05. The van der Waals surface area contributed by atoms with Gasteiger partial charge in [0.05, 0.1) is 0 Å². The molecule has 0 saturated carbocycles. The van der Waals surface area contributed by atoms with Crippen molar-refractivity contribution in [3.05, 3.63) is 0 Å². The van der Waals surface area contributed by atoms with Crippen molar-refractivity contribution in [2.75, 3.05) is 26.2 Å². The van der Waals surface area contributed by atoms with Gasteiger partial charge in [0.25, 0.3) is 0 Å². The molecular formula is C4H12N2O3P+. The molecule has 1 aliphatic rings. The number of nitrogens with one attached hydrogen (secondary N) is 2. The van der Waals surface area contributed by atoms with Gasteiger partial charge < -0.3 is 10.6 Å². The average Bonchev–Trinajstić information content (AvgIpc) is 1.90. The molecule has 0 aliphatic carbocycles. The van der Waals surface area contributed by atoms with Crippen molar-refractivity contribution in [1.82, 2.24) is 10.6 Å². The van der Waals surface area contributed by atoms with Crippen LogP contribution in [0.1, 0.15) is 0 Å². The van der Waals surface area contributed by atoms with E-state index in [4.69, 9.17) is 14.4 Å². The van der Waals surface area contributed by atoms with Crippen LogP contribution in [0.5, 0.6) is 0 Å². The van der Waals surface area contributed by atoms with Gasteiger partial charge in [-0.2, -0.15) is 0 Å². The lowest BCUT2D eigenvalue weighted by Crippen LogP contribution is -2.39. The summed E-state index contributed by atoms with van der Waals surface area (Å²) in [4.78, 5) is 14.2. The van der Waals surface area contributed by atoms with Gasteiger partial charge in [0.15, 0.2) is 0 Å². The third-order valence-electron chi connectivity index (χ3n) is 0.957. The van der Waals surface area contributed by atoms with E-state index in [2.05, 4.69) is 10.6 Å². The van der Waals surface area contributed by atoms with Crippen molar-refractivity contribution in [2.24, 2.45) is 0 Å². The fourth-order valence-corrected chi connectivity index (χ4v) is 0.604. The lowest BCUT2D eigenvalue weighted by Gasteiger charge is -2.11. The zero-order valence-electron chi connectivity index (χ0n) is 5.58. The first-order chi connectivity index (χ1) is 4.73.